The normalized spacial score (nSPS) is 12.6. The highest BCUT2D eigenvalue weighted by molar-refractivity contribution is 8.00. The molecular weight excluding hydrogens is 574 g/mol. The minimum absolute atomic E-state index is 0.0161. The number of hydrogen-bond acceptors (Lipinski definition) is 6. The largest absolute Gasteiger partial charge is 0.493 e. The van der Waals surface area contributed by atoms with Gasteiger partial charge in [0.2, 0.25) is 5.91 Å². The Balaban J connectivity index is 1.33. The third-order valence-corrected chi connectivity index (χ3v) is 8.11. The highest BCUT2D eigenvalue weighted by Gasteiger charge is 2.22. The number of benzene rings is 4. The van der Waals surface area contributed by atoms with Crippen molar-refractivity contribution in [2.24, 2.45) is 0 Å². The number of carbonyl (C=O) groups is 3. The summed E-state index contributed by atoms with van der Waals surface area (Å²) in [6.45, 7) is 0.703. The number of rotatable bonds is 10. The lowest BCUT2D eigenvalue weighted by Crippen LogP contribution is -2.36. The van der Waals surface area contributed by atoms with E-state index in [1.165, 1.54) is 31.5 Å². The molecule has 0 saturated heterocycles. The lowest BCUT2D eigenvalue weighted by molar-refractivity contribution is -0.116. The molecule has 0 saturated carbocycles. The van der Waals surface area contributed by atoms with Gasteiger partial charge in [0.15, 0.2) is 11.5 Å². The second-order valence-electron chi connectivity index (χ2n) is 10.0. The maximum Gasteiger partial charge on any atom is 0.272 e. The van der Waals surface area contributed by atoms with Crippen LogP contribution >= 0.6 is 11.8 Å². The smallest absolute Gasteiger partial charge is 0.272 e. The number of thioether (sulfide) groups is 1. The van der Waals surface area contributed by atoms with Crippen molar-refractivity contribution in [3.8, 4) is 11.5 Å². The fourth-order valence-electron chi connectivity index (χ4n) is 5.00. The molecule has 0 fully saturated rings. The molecule has 0 unspecified atom stereocenters. The summed E-state index contributed by atoms with van der Waals surface area (Å²) in [7, 11) is 3.04. The van der Waals surface area contributed by atoms with Gasteiger partial charge in [0.1, 0.15) is 5.70 Å². The molecule has 44 heavy (non-hydrogen) atoms. The Bertz CT molecular complexity index is 1690. The molecule has 1 heterocycles. The summed E-state index contributed by atoms with van der Waals surface area (Å²) in [4.78, 5) is 42.5. The summed E-state index contributed by atoms with van der Waals surface area (Å²) in [5.74, 6) is 0.256. The Kier molecular flexibility index (Phi) is 9.99. The minimum Gasteiger partial charge on any atom is -0.493 e. The molecule has 3 amide bonds. The SMILES string of the molecule is COc1cccc(/C=C(\NC(=O)c2ccccc2)C(=O)Nc2cccc(SCC(=O)N3CCCc4ccccc43)c2)c1OC. The monoisotopic (exact) mass is 607 g/mol. The fourth-order valence-corrected chi connectivity index (χ4v) is 5.83. The lowest BCUT2D eigenvalue weighted by Gasteiger charge is -2.29. The highest BCUT2D eigenvalue weighted by Crippen LogP contribution is 2.32. The van der Waals surface area contributed by atoms with Crippen LogP contribution < -0.4 is 25.0 Å². The molecule has 4 aromatic rings. The van der Waals surface area contributed by atoms with Gasteiger partial charge in [0.05, 0.1) is 20.0 Å². The first-order chi connectivity index (χ1) is 21.5. The van der Waals surface area contributed by atoms with Crippen molar-refractivity contribution in [1.29, 1.82) is 0 Å². The van der Waals surface area contributed by atoms with Crippen LogP contribution in [0.5, 0.6) is 11.5 Å². The Labute approximate surface area is 261 Å². The molecule has 5 rings (SSSR count). The number of methoxy groups -OCH3 is 2. The topological polar surface area (TPSA) is 97.0 Å². The van der Waals surface area contributed by atoms with Gasteiger partial charge in [-0.05, 0) is 66.9 Å². The van der Waals surface area contributed by atoms with Crippen LogP contribution in [0.1, 0.15) is 27.9 Å². The first kappa shape index (κ1) is 30.4. The van der Waals surface area contributed by atoms with Crippen molar-refractivity contribution in [2.45, 2.75) is 17.7 Å². The number of anilines is 2. The number of para-hydroxylation sites is 2. The van der Waals surface area contributed by atoms with Crippen molar-refractivity contribution in [1.82, 2.24) is 5.32 Å². The molecule has 4 aromatic carbocycles. The molecule has 0 atom stereocenters. The molecule has 1 aliphatic heterocycles. The van der Waals surface area contributed by atoms with Gasteiger partial charge in [0.25, 0.3) is 11.8 Å². The molecule has 224 valence electrons. The van der Waals surface area contributed by atoms with E-state index in [0.29, 0.717) is 34.9 Å². The number of hydrogen-bond donors (Lipinski definition) is 2. The number of ether oxygens (including phenoxy) is 2. The summed E-state index contributed by atoms with van der Waals surface area (Å²) in [6.07, 6.45) is 3.46. The van der Waals surface area contributed by atoms with E-state index in [0.717, 1.165) is 23.4 Å². The first-order valence-corrected chi connectivity index (χ1v) is 15.2. The number of fused-ring (bicyclic) bond motifs is 1. The van der Waals surface area contributed by atoms with E-state index in [1.54, 1.807) is 54.6 Å². The molecule has 0 aromatic heterocycles. The van der Waals surface area contributed by atoms with Crippen LogP contribution in [0, 0.1) is 0 Å². The minimum atomic E-state index is -0.526. The predicted molar refractivity (Wildman–Crippen MR) is 174 cm³/mol. The molecule has 2 N–H and O–H groups in total. The van der Waals surface area contributed by atoms with Crippen molar-refractivity contribution >= 4 is 46.9 Å². The van der Waals surface area contributed by atoms with Gasteiger partial charge in [0, 0.05) is 33.9 Å². The Morgan fingerprint density at radius 1 is 0.886 bits per heavy atom. The van der Waals surface area contributed by atoms with Crippen molar-refractivity contribution in [2.75, 3.05) is 36.7 Å². The number of aryl methyl sites for hydroxylation is 1. The van der Waals surface area contributed by atoms with E-state index in [1.807, 2.05) is 47.4 Å². The highest BCUT2D eigenvalue weighted by atomic mass is 32.2. The van der Waals surface area contributed by atoms with Crippen LogP contribution in [0.3, 0.4) is 0 Å². The third kappa shape index (κ3) is 7.30. The Morgan fingerprint density at radius 3 is 2.45 bits per heavy atom. The van der Waals surface area contributed by atoms with E-state index in [9.17, 15) is 14.4 Å². The van der Waals surface area contributed by atoms with Gasteiger partial charge in [-0.25, -0.2) is 0 Å². The molecular formula is C35H33N3O5S. The Hall–Kier alpha value is -5.02. The van der Waals surface area contributed by atoms with Gasteiger partial charge in [-0.15, -0.1) is 11.8 Å². The van der Waals surface area contributed by atoms with Crippen LogP contribution in [-0.4, -0.2) is 44.2 Å². The number of carbonyl (C=O) groups excluding carboxylic acids is 3. The van der Waals surface area contributed by atoms with Crippen LogP contribution in [0.15, 0.2) is 108 Å². The number of nitrogens with zero attached hydrogens (tertiary/aromatic N) is 1. The summed E-state index contributed by atoms with van der Waals surface area (Å²) >= 11 is 1.41. The van der Waals surface area contributed by atoms with Gasteiger partial charge in [-0.3, -0.25) is 14.4 Å². The van der Waals surface area contributed by atoms with Gasteiger partial charge < -0.3 is 25.0 Å². The zero-order chi connectivity index (χ0) is 30.9. The predicted octanol–water partition coefficient (Wildman–Crippen LogP) is 6.18. The maximum atomic E-state index is 13.6. The Morgan fingerprint density at radius 2 is 1.66 bits per heavy atom. The summed E-state index contributed by atoms with van der Waals surface area (Å²) in [5.41, 5.74) is 3.66. The van der Waals surface area contributed by atoms with Crippen LogP contribution in [0.4, 0.5) is 11.4 Å². The van der Waals surface area contributed by atoms with Crippen LogP contribution in [0.25, 0.3) is 6.08 Å². The summed E-state index contributed by atoms with van der Waals surface area (Å²) in [5, 5.41) is 5.64. The third-order valence-electron chi connectivity index (χ3n) is 7.13. The lowest BCUT2D eigenvalue weighted by atomic mass is 10.0. The summed E-state index contributed by atoms with van der Waals surface area (Å²) in [6, 6.07) is 29.2. The average Bonchev–Trinajstić information content (AvgIpc) is 3.07. The maximum absolute atomic E-state index is 13.6. The van der Waals surface area contributed by atoms with E-state index in [4.69, 9.17) is 9.47 Å². The number of amides is 3. The van der Waals surface area contributed by atoms with Crippen molar-refractivity contribution < 1.29 is 23.9 Å². The van der Waals surface area contributed by atoms with E-state index < -0.39 is 11.8 Å². The van der Waals surface area contributed by atoms with Gasteiger partial charge >= 0.3 is 0 Å². The molecule has 8 nitrogen and oxygen atoms in total. The van der Waals surface area contributed by atoms with E-state index in [2.05, 4.69) is 16.7 Å². The van der Waals surface area contributed by atoms with Crippen LogP contribution in [0.2, 0.25) is 0 Å². The quantitative estimate of drug-likeness (QED) is 0.165. The van der Waals surface area contributed by atoms with Crippen molar-refractivity contribution in [3.63, 3.8) is 0 Å². The average molecular weight is 608 g/mol. The molecule has 0 bridgehead atoms. The van der Waals surface area contributed by atoms with E-state index >= 15 is 0 Å². The molecule has 0 aliphatic carbocycles. The van der Waals surface area contributed by atoms with Gasteiger partial charge in [-0.2, -0.15) is 0 Å². The first-order valence-electron chi connectivity index (χ1n) is 14.2. The molecule has 0 radical (unpaired) electrons. The second-order valence-corrected chi connectivity index (χ2v) is 11.1. The number of nitrogens with one attached hydrogen (secondary N) is 2. The summed E-state index contributed by atoms with van der Waals surface area (Å²) < 4.78 is 10.9. The zero-order valence-corrected chi connectivity index (χ0v) is 25.4. The van der Waals surface area contributed by atoms with Crippen LogP contribution in [-0.2, 0) is 16.0 Å². The fraction of sp³-hybridized carbons (Fsp3) is 0.171. The van der Waals surface area contributed by atoms with E-state index in [-0.39, 0.29) is 17.4 Å². The molecule has 0 spiro atoms. The second kappa shape index (κ2) is 14.4. The standard InChI is InChI=1S/C35H33N3O5S/c1-42-31-19-8-14-26(33(31)43-2)21-29(37-34(40)25-12-4-3-5-13-25)35(41)36-27-16-9-17-28(22-27)44-23-32(39)38-20-10-15-24-11-6-7-18-30(24)38/h3-9,11-14,16-19,21-22H,10,15,20,23H2,1-2H3,(H,36,41)(H,37,40)/b29-21-. The molecule has 9 heteroatoms. The van der Waals surface area contributed by atoms with Crippen molar-refractivity contribution in [3.05, 3.63) is 119 Å². The van der Waals surface area contributed by atoms with Gasteiger partial charge in [-0.1, -0.05) is 54.6 Å². The molecule has 1 aliphatic rings. The zero-order valence-electron chi connectivity index (χ0n) is 24.5.